The van der Waals surface area contributed by atoms with Crippen molar-refractivity contribution in [1.29, 1.82) is 0 Å². The van der Waals surface area contributed by atoms with Gasteiger partial charge in [-0.25, -0.2) is 12.7 Å². The smallest absolute Gasteiger partial charge is 0.772 e. The van der Waals surface area contributed by atoms with Crippen molar-refractivity contribution >= 4 is 21.1 Å². The molecule has 0 aromatic rings. The summed E-state index contributed by atoms with van der Waals surface area (Å²) >= 11 is -2.07. The van der Waals surface area contributed by atoms with E-state index in [9.17, 15) is 17.2 Å². The number of hydrogen-bond donors (Lipinski definition) is 0. The van der Waals surface area contributed by atoms with Gasteiger partial charge in [0.1, 0.15) is 0 Å². The Morgan fingerprint density at radius 2 is 2.14 bits per heavy atom. The second-order valence-corrected chi connectivity index (χ2v) is 6.17. The minimum atomic E-state index is -3.14. The van der Waals surface area contributed by atoms with E-state index in [2.05, 4.69) is 0 Å². The van der Waals surface area contributed by atoms with Gasteiger partial charge in [0.2, 0.25) is 10.0 Å². The van der Waals surface area contributed by atoms with Crippen LogP contribution in [0.2, 0.25) is 0 Å². The molecule has 1 aliphatic heterocycles. The Bertz CT molecular complexity index is 305. The molecule has 0 aromatic carbocycles. The van der Waals surface area contributed by atoms with E-state index in [1.54, 1.807) is 0 Å². The molecule has 1 saturated heterocycles. The zero-order valence-corrected chi connectivity index (χ0v) is 11.9. The van der Waals surface area contributed by atoms with E-state index < -0.39 is 21.1 Å². The summed E-state index contributed by atoms with van der Waals surface area (Å²) in [5.74, 6) is 0.0273. The van der Waals surface area contributed by atoms with Gasteiger partial charge in [0.05, 0.1) is 6.26 Å². The maximum absolute atomic E-state index is 11.0. The first-order valence-electron chi connectivity index (χ1n) is 3.90. The molecule has 1 aliphatic rings. The van der Waals surface area contributed by atoms with Crippen LogP contribution in [0.1, 0.15) is 6.42 Å². The molecule has 5 nitrogen and oxygen atoms in total. The van der Waals surface area contributed by atoms with Crippen LogP contribution >= 0.6 is 0 Å². The van der Waals surface area contributed by atoms with Crippen molar-refractivity contribution in [3.63, 3.8) is 0 Å². The fourth-order valence-electron chi connectivity index (χ4n) is 1.43. The Hall–Kier alpha value is 1.02. The van der Waals surface area contributed by atoms with Crippen LogP contribution in [0.5, 0.6) is 0 Å². The predicted octanol–water partition coefficient (Wildman–Crippen LogP) is -3.85. The second-order valence-electron chi connectivity index (χ2n) is 3.25. The molecule has 1 fully saturated rings. The van der Waals surface area contributed by atoms with Crippen molar-refractivity contribution in [3.8, 4) is 0 Å². The van der Waals surface area contributed by atoms with Gasteiger partial charge in [0, 0.05) is 18.8 Å². The summed E-state index contributed by atoms with van der Waals surface area (Å²) < 4.78 is 44.1. The van der Waals surface area contributed by atoms with Gasteiger partial charge in [-0.1, -0.05) is 11.1 Å². The second kappa shape index (κ2) is 5.93. The van der Waals surface area contributed by atoms with Crippen molar-refractivity contribution in [2.75, 3.05) is 25.1 Å². The monoisotopic (exact) mass is 249 g/mol. The van der Waals surface area contributed by atoms with E-state index in [1.807, 2.05) is 0 Å². The van der Waals surface area contributed by atoms with E-state index in [1.165, 1.54) is 4.31 Å². The van der Waals surface area contributed by atoms with Crippen molar-refractivity contribution in [1.82, 2.24) is 4.31 Å². The molecule has 0 N–H and O–H groups in total. The molecule has 1 rings (SSSR count). The predicted molar refractivity (Wildman–Crippen MR) is 48.3 cm³/mol. The Kier molecular flexibility index (Phi) is 6.36. The fourth-order valence-corrected chi connectivity index (χ4v) is 3.00. The molecule has 78 valence electrons. The third-order valence-electron chi connectivity index (χ3n) is 2.09. The maximum Gasteiger partial charge on any atom is 1.00 e. The van der Waals surface area contributed by atoms with Gasteiger partial charge in [-0.05, 0) is 12.3 Å². The number of nitrogens with zero attached hydrogens (tertiary/aromatic N) is 1. The molecule has 0 saturated carbocycles. The Labute approximate surface area is 109 Å². The van der Waals surface area contributed by atoms with Crippen LogP contribution in [0.15, 0.2) is 0 Å². The SMILES string of the molecule is CS(=O)(=O)N1CCC(CS(=O)[O-])C1.[Na+]. The van der Waals surface area contributed by atoms with Crippen LogP contribution in [0.4, 0.5) is 0 Å². The average molecular weight is 249 g/mol. The summed E-state index contributed by atoms with van der Waals surface area (Å²) in [4.78, 5) is 0. The summed E-state index contributed by atoms with van der Waals surface area (Å²) in [5.41, 5.74) is 0. The molecule has 0 radical (unpaired) electrons. The van der Waals surface area contributed by atoms with E-state index in [-0.39, 0.29) is 41.2 Å². The molecule has 0 spiro atoms. The van der Waals surface area contributed by atoms with Crippen molar-refractivity contribution < 1.29 is 46.7 Å². The van der Waals surface area contributed by atoms with E-state index in [0.717, 1.165) is 6.26 Å². The third-order valence-corrected chi connectivity index (χ3v) is 4.10. The molecule has 8 heteroatoms. The van der Waals surface area contributed by atoms with Crippen LogP contribution in [0, 0.1) is 5.92 Å². The van der Waals surface area contributed by atoms with Crippen LogP contribution < -0.4 is 29.6 Å². The average Bonchev–Trinajstić information content (AvgIpc) is 2.32. The number of rotatable bonds is 3. The van der Waals surface area contributed by atoms with E-state index in [4.69, 9.17) is 0 Å². The van der Waals surface area contributed by atoms with Crippen LogP contribution in [0.25, 0.3) is 0 Å². The zero-order chi connectivity index (χ0) is 10.1. The Morgan fingerprint density at radius 3 is 2.50 bits per heavy atom. The van der Waals surface area contributed by atoms with E-state index >= 15 is 0 Å². The molecule has 0 aromatic heterocycles. The zero-order valence-electron chi connectivity index (χ0n) is 8.30. The Balaban J connectivity index is 0.00000169. The number of hydrogen-bond acceptors (Lipinski definition) is 4. The molecule has 1 heterocycles. The van der Waals surface area contributed by atoms with Gasteiger partial charge >= 0.3 is 29.6 Å². The van der Waals surface area contributed by atoms with Gasteiger partial charge in [0.15, 0.2) is 0 Å². The van der Waals surface area contributed by atoms with Gasteiger partial charge < -0.3 is 4.55 Å². The standard InChI is InChI=1S/C6H13NO4S2.Na/c1-13(10,11)7-3-2-6(4-7)5-12(8)9;/h6H,2-5H2,1H3,(H,8,9);/q;+1/p-1. The first-order valence-corrected chi connectivity index (χ1v) is 7.00. The minimum absolute atomic E-state index is 0. The van der Waals surface area contributed by atoms with Gasteiger partial charge in [0.25, 0.3) is 0 Å². The fraction of sp³-hybridized carbons (Fsp3) is 1.00. The summed E-state index contributed by atoms with van der Waals surface area (Å²) in [6.07, 6.45) is 1.78. The van der Waals surface area contributed by atoms with Crippen LogP contribution in [-0.4, -0.2) is 46.6 Å². The minimum Gasteiger partial charge on any atom is -0.772 e. The summed E-state index contributed by atoms with van der Waals surface area (Å²) in [7, 11) is -3.14. The number of sulfonamides is 1. The Morgan fingerprint density at radius 1 is 1.57 bits per heavy atom. The van der Waals surface area contributed by atoms with Crippen molar-refractivity contribution in [2.24, 2.45) is 5.92 Å². The topological polar surface area (TPSA) is 77.5 Å². The van der Waals surface area contributed by atoms with Gasteiger partial charge in [-0.3, -0.25) is 4.21 Å². The quantitative estimate of drug-likeness (QED) is 0.379. The summed E-state index contributed by atoms with van der Waals surface area (Å²) in [6, 6.07) is 0. The molecule has 14 heavy (non-hydrogen) atoms. The molecular weight excluding hydrogens is 237 g/mol. The molecular formula is C6H12NNaO4S2. The molecule has 0 aliphatic carbocycles. The van der Waals surface area contributed by atoms with Crippen LogP contribution in [0.3, 0.4) is 0 Å². The normalized spacial score (nSPS) is 25.7. The maximum atomic E-state index is 11.0. The van der Waals surface area contributed by atoms with Gasteiger partial charge in [-0.15, -0.1) is 0 Å². The molecule has 2 unspecified atom stereocenters. The first kappa shape index (κ1) is 15.0. The third kappa shape index (κ3) is 4.69. The largest absolute Gasteiger partial charge is 1.00 e. The molecule has 0 amide bonds. The van der Waals surface area contributed by atoms with Crippen LogP contribution in [-0.2, 0) is 21.1 Å². The van der Waals surface area contributed by atoms with Gasteiger partial charge in [-0.2, -0.15) is 0 Å². The van der Waals surface area contributed by atoms with Crippen molar-refractivity contribution in [3.05, 3.63) is 0 Å². The first-order chi connectivity index (χ1) is 5.89. The van der Waals surface area contributed by atoms with Crippen molar-refractivity contribution in [2.45, 2.75) is 6.42 Å². The van der Waals surface area contributed by atoms with E-state index in [0.29, 0.717) is 19.5 Å². The summed E-state index contributed by atoms with van der Waals surface area (Å²) in [6.45, 7) is 0.785. The molecule has 0 bridgehead atoms. The summed E-state index contributed by atoms with van der Waals surface area (Å²) in [5, 5.41) is 0. The molecule has 2 atom stereocenters.